The van der Waals surface area contributed by atoms with Crippen molar-refractivity contribution in [1.82, 2.24) is 4.90 Å². The maximum Gasteiger partial charge on any atom is 0.223 e. The van der Waals surface area contributed by atoms with Gasteiger partial charge in [0.1, 0.15) is 0 Å². The molecule has 3 nitrogen and oxygen atoms in total. The minimum absolute atomic E-state index is 0. The first-order valence-corrected chi connectivity index (χ1v) is 6.65. The van der Waals surface area contributed by atoms with Crippen molar-refractivity contribution < 1.29 is 4.79 Å². The molecule has 1 aromatic carbocycles. The number of rotatable bonds is 7. The van der Waals surface area contributed by atoms with Crippen molar-refractivity contribution >= 4 is 18.3 Å². The number of benzene rings is 1. The Morgan fingerprint density at radius 2 is 1.89 bits per heavy atom. The van der Waals surface area contributed by atoms with Gasteiger partial charge in [0.2, 0.25) is 5.91 Å². The fourth-order valence-corrected chi connectivity index (χ4v) is 1.86. The Hall–Kier alpha value is -1.06. The average molecular weight is 285 g/mol. The zero-order chi connectivity index (χ0) is 13.4. The molecule has 0 saturated heterocycles. The van der Waals surface area contributed by atoms with Crippen molar-refractivity contribution in [3.05, 3.63) is 35.9 Å². The van der Waals surface area contributed by atoms with E-state index < -0.39 is 0 Å². The smallest absolute Gasteiger partial charge is 0.223 e. The second-order valence-electron chi connectivity index (χ2n) is 5.04. The molecule has 0 aliphatic carbocycles. The molecule has 1 amide bonds. The summed E-state index contributed by atoms with van der Waals surface area (Å²) in [5.41, 5.74) is 6.71. The molecule has 0 bridgehead atoms. The highest BCUT2D eigenvalue weighted by atomic mass is 35.5. The number of halogens is 1. The van der Waals surface area contributed by atoms with Crippen LogP contribution in [0.25, 0.3) is 0 Å². The van der Waals surface area contributed by atoms with E-state index in [-0.39, 0.29) is 18.3 Å². The van der Waals surface area contributed by atoms with Gasteiger partial charge in [0.15, 0.2) is 0 Å². The average Bonchev–Trinajstić information content (AvgIpc) is 2.34. The number of amides is 1. The Kier molecular flexibility index (Phi) is 9.27. The van der Waals surface area contributed by atoms with Gasteiger partial charge in [-0.3, -0.25) is 4.79 Å². The third-order valence-corrected chi connectivity index (χ3v) is 2.78. The topological polar surface area (TPSA) is 46.3 Å². The monoisotopic (exact) mass is 284 g/mol. The van der Waals surface area contributed by atoms with Crippen molar-refractivity contribution in [2.24, 2.45) is 11.7 Å². The first-order valence-electron chi connectivity index (χ1n) is 6.65. The fraction of sp³-hybridized carbons (Fsp3) is 0.533. The van der Waals surface area contributed by atoms with Crippen molar-refractivity contribution in [2.45, 2.75) is 33.2 Å². The summed E-state index contributed by atoms with van der Waals surface area (Å²) in [5.74, 6) is 0.621. The first-order chi connectivity index (χ1) is 8.63. The zero-order valence-electron chi connectivity index (χ0n) is 11.8. The van der Waals surface area contributed by atoms with E-state index in [4.69, 9.17) is 5.73 Å². The number of carbonyl (C=O) groups is 1. The van der Waals surface area contributed by atoms with Crippen LogP contribution < -0.4 is 5.73 Å². The quantitative estimate of drug-likeness (QED) is 0.837. The Bertz CT molecular complexity index is 354. The summed E-state index contributed by atoms with van der Waals surface area (Å²) in [6, 6.07) is 10.1. The molecule has 0 unspecified atom stereocenters. The summed E-state index contributed by atoms with van der Waals surface area (Å²) in [6.45, 7) is 6.20. The van der Waals surface area contributed by atoms with Gasteiger partial charge in [0, 0.05) is 19.5 Å². The standard InChI is InChI=1S/C15H24N2O.ClH/c1-13(2)11-15(18)17(10-6-9-16)12-14-7-4-3-5-8-14;/h3-5,7-8,13H,6,9-12,16H2,1-2H3;1H. The number of hydrogen-bond acceptors (Lipinski definition) is 2. The summed E-state index contributed by atoms with van der Waals surface area (Å²) in [4.78, 5) is 14.1. The second kappa shape index (κ2) is 9.82. The summed E-state index contributed by atoms with van der Waals surface area (Å²) < 4.78 is 0. The van der Waals surface area contributed by atoms with E-state index in [1.54, 1.807) is 0 Å². The third kappa shape index (κ3) is 7.19. The SMILES string of the molecule is CC(C)CC(=O)N(CCCN)Cc1ccccc1.Cl. The van der Waals surface area contributed by atoms with E-state index in [0.29, 0.717) is 25.4 Å². The molecule has 108 valence electrons. The van der Waals surface area contributed by atoms with Crippen molar-refractivity contribution in [3.8, 4) is 0 Å². The van der Waals surface area contributed by atoms with Crippen LogP contribution in [0.2, 0.25) is 0 Å². The molecule has 0 fully saturated rings. The molecule has 0 atom stereocenters. The molecule has 1 rings (SSSR count). The second-order valence-corrected chi connectivity index (χ2v) is 5.04. The summed E-state index contributed by atoms with van der Waals surface area (Å²) in [6.07, 6.45) is 1.47. The highest BCUT2D eigenvalue weighted by molar-refractivity contribution is 5.85. The van der Waals surface area contributed by atoms with E-state index in [9.17, 15) is 4.79 Å². The molecule has 1 aromatic rings. The molecule has 0 aliphatic heterocycles. The van der Waals surface area contributed by atoms with Crippen LogP contribution in [-0.2, 0) is 11.3 Å². The van der Waals surface area contributed by atoms with Crippen LogP contribution in [0.15, 0.2) is 30.3 Å². The Morgan fingerprint density at radius 1 is 1.26 bits per heavy atom. The van der Waals surface area contributed by atoms with Gasteiger partial charge >= 0.3 is 0 Å². The molecule has 2 N–H and O–H groups in total. The van der Waals surface area contributed by atoms with Gasteiger partial charge in [0.25, 0.3) is 0 Å². The predicted molar refractivity (Wildman–Crippen MR) is 82.2 cm³/mol. The van der Waals surface area contributed by atoms with Gasteiger partial charge in [0.05, 0.1) is 0 Å². The number of carbonyl (C=O) groups excluding carboxylic acids is 1. The molecule has 0 spiro atoms. The van der Waals surface area contributed by atoms with Crippen LogP contribution in [-0.4, -0.2) is 23.9 Å². The van der Waals surface area contributed by atoms with E-state index >= 15 is 0 Å². The number of hydrogen-bond donors (Lipinski definition) is 1. The Labute approximate surface area is 122 Å². The normalized spacial score (nSPS) is 10.1. The van der Waals surface area contributed by atoms with Crippen LogP contribution in [0.3, 0.4) is 0 Å². The summed E-state index contributed by atoms with van der Waals surface area (Å²) in [7, 11) is 0. The Balaban J connectivity index is 0.00000324. The van der Waals surface area contributed by atoms with Crippen LogP contribution in [0.5, 0.6) is 0 Å². The van der Waals surface area contributed by atoms with Crippen molar-refractivity contribution in [3.63, 3.8) is 0 Å². The van der Waals surface area contributed by atoms with Gasteiger partial charge in [-0.2, -0.15) is 0 Å². The molecule has 4 heteroatoms. The van der Waals surface area contributed by atoms with Gasteiger partial charge in [-0.1, -0.05) is 44.2 Å². The van der Waals surface area contributed by atoms with Gasteiger partial charge < -0.3 is 10.6 Å². The van der Waals surface area contributed by atoms with Crippen LogP contribution in [0, 0.1) is 5.92 Å². The minimum Gasteiger partial charge on any atom is -0.338 e. The van der Waals surface area contributed by atoms with Crippen LogP contribution in [0.1, 0.15) is 32.3 Å². The zero-order valence-corrected chi connectivity index (χ0v) is 12.7. The fourth-order valence-electron chi connectivity index (χ4n) is 1.86. The first kappa shape index (κ1) is 17.9. The van der Waals surface area contributed by atoms with Crippen LogP contribution in [0.4, 0.5) is 0 Å². The number of nitrogens with two attached hydrogens (primary N) is 1. The van der Waals surface area contributed by atoms with Gasteiger partial charge in [-0.05, 0) is 24.4 Å². The molecule has 0 aliphatic rings. The maximum atomic E-state index is 12.1. The van der Waals surface area contributed by atoms with Crippen molar-refractivity contribution in [1.29, 1.82) is 0 Å². The van der Waals surface area contributed by atoms with E-state index in [1.165, 1.54) is 5.56 Å². The highest BCUT2D eigenvalue weighted by Gasteiger charge is 2.14. The summed E-state index contributed by atoms with van der Waals surface area (Å²) in [5, 5.41) is 0. The lowest BCUT2D eigenvalue weighted by Crippen LogP contribution is -2.33. The van der Waals surface area contributed by atoms with Crippen molar-refractivity contribution in [2.75, 3.05) is 13.1 Å². The largest absolute Gasteiger partial charge is 0.338 e. The lowest BCUT2D eigenvalue weighted by Gasteiger charge is -2.23. The minimum atomic E-state index is 0. The lowest BCUT2D eigenvalue weighted by atomic mass is 10.1. The molecule has 0 saturated carbocycles. The maximum absolute atomic E-state index is 12.1. The predicted octanol–water partition coefficient (Wildman–Crippen LogP) is 2.83. The van der Waals surface area contributed by atoms with Crippen LogP contribution >= 0.6 is 12.4 Å². The number of nitrogens with zero attached hydrogens (tertiary/aromatic N) is 1. The molecule has 19 heavy (non-hydrogen) atoms. The molecular formula is C15H25ClN2O. The third-order valence-electron chi connectivity index (χ3n) is 2.78. The van der Waals surface area contributed by atoms with E-state index in [1.807, 2.05) is 23.1 Å². The van der Waals surface area contributed by atoms with Gasteiger partial charge in [-0.15, -0.1) is 12.4 Å². The lowest BCUT2D eigenvalue weighted by molar-refractivity contribution is -0.132. The summed E-state index contributed by atoms with van der Waals surface area (Å²) >= 11 is 0. The van der Waals surface area contributed by atoms with Gasteiger partial charge in [-0.25, -0.2) is 0 Å². The highest BCUT2D eigenvalue weighted by Crippen LogP contribution is 2.10. The molecular weight excluding hydrogens is 260 g/mol. The molecule has 0 heterocycles. The van der Waals surface area contributed by atoms with E-state index in [0.717, 1.165) is 13.0 Å². The Morgan fingerprint density at radius 3 is 2.42 bits per heavy atom. The molecule has 0 aromatic heterocycles. The molecule has 0 radical (unpaired) electrons. The van der Waals surface area contributed by atoms with E-state index in [2.05, 4.69) is 26.0 Å².